The van der Waals surface area contributed by atoms with E-state index in [4.69, 9.17) is 11.6 Å². The normalized spacial score (nSPS) is 10.9. The zero-order valence-corrected chi connectivity index (χ0v) is 13.4. The Morgan fingerprint density at radius 2 is 1.96 bits per heavy atom. The van der Waals surface area contributed by atoms with Crippen LogP contribution in [-0.2, 0) is 6.54 Å². The summed E-state index contributed by atoms with van der Waals surface area (Å²) in [5.74, 6) is 7.41. The molecule has 0 aliphatic heterocycles. The minimum atomic E-state index is 0.477. The quantitative estimate of drug-likeness (QED) is 0.440. The topological polar surface area (TPSA) is 98.9 Å². The Balaban J connectivity index is 1.63. The Kier molecular flexibility index (Phi) is 3.75. The van der Waals surface area contributed by atoms with E-state index in [1.165, 1.54) is 0 Å². The van der Waals surface area contributed by atoms with Gasteiger partial charge in [-0.25, -0.2) is 15.5 Å². The van der Waals surface area contributed by atoms with Crippen molar-refractivity contribution < 1.29 is 0 Å². The summed E-state index contributed by atoms with van der Waals surface area (Å²) in [4.78, 5) is 8.86. The van der Waals surface area contributed by atoms with Gasteiger partial charge in [0.05, 0.1) is 17.7 Å². The predicted octanol–water partition coefficient (Wildman–Crippen LogP) is 2.28. The van der Waals surface area contributed by atoms with Crippen molar-refractivity contribution in [1.82, 2.24) is 19.7 Å². The minimum Gasteiger partial charge on any atom is -0.396 e. The highest BCUT2D eigenvalue weighted by Gasteiger charge is 2.11. The molecule has 7 nitrogen and oxygen atoms in total. The lowest BCUT2D eigenvalue weighted by molar-refractivity contribution is 0.806. The number of pyridine rings is 2. The van der Waals surface area contributed by atoms with E-state index >= 15 is 0 Å². The van der Waals surface area contributed by atoms with Gasteiger partial charge >= 0.3 is 0 Å². The van der Waals surface area contributed by atoms with Gasteiger partial charge in [-0.2, -0.15) is 5.10 Å². The summed E-state index contributed by atoms with van der Waals surface area (Å²) in [5.41, 5.74) is 8.58. The zero-order chi connectivity index (χ0) is 17.2. The summed E-state index contributed by atoms with van der Waals surface area (Å²) < 4.78 is 1.67. The van der Waals surface area contributed by atoms with Crippen LogP contribution < -0.4 is 16.6 Å². The third-order valence-corrected chi connectivity index (χ3v) is 3.92. The van der Waals surface area contributed by atoms with Crippen LogP contribution in [0.5, 0.6) is 0 Å². The Labute approximate surface area is 144 Å². The molecule has 0 saturated carbocycles. The van der Waals surface area contributed by atoms with Gasteiger partial charge < -0.3 is 5.73 Å². The van der Waals surface area contributed by atoms with E-state index in [9.17, 15) is 0 Å². The number of nitrogens with two attached hydrogens (primary N) is 2. The molecule has 25 heavy (non-hydrogen) atoms. The highest BCUT2D eigenvalue weighted by atomic mass is 15.4. The largest absolute Gasteiger partial charge is 0.396 e. The van der Waals surface area contributed by atoms with Gasteiger partial charge in [0.1, 0.15) is 0 Å². The number of benzene rings is 1. The van der Waals surface area contributed by atoms with Crippen LogP contribution in [-0.4, -0.2) is 19.7 Å². The molecule has 3 heterocycles. The second kappa shape index (κ2) is 6.21. The van der Waals surface area contributed by atoms with Gasteiger partial charge in [0.15, 0.2) is 11.6 Å². The molecule has 0 unspecified atom stereocenters. The fourth-order valence-corrected chi connectivity index (χ4v) is 2.71. The van der Waals surface area contributed by atoms with Gasteiger partial charge in [0.2, 0.25) is 0 Å². The number of aromatic nitrogens is 4. The Morgan fingerprint density at radius 1 is 1.04 bits per heavy atom. The van der Waals surface area contributed by atoms with Crippen molar-refractivity contribution in [2.24, 2.45) is 5.84 Å². The Morgan fingerprint density at radius 3 is 2.80 bits per heavy atom. The monoisotopic (exact) mass is 331 g/mol. The van der Waals surface area contributed by atoms with Gasteiger partial charge in [-0.1, -0.05) is 12.1 Å². The molecule has 0 bridgehead atoms. The summed E-state index contributed by atoms with van der Waals surface area (Å²) >= 11 is 0. The maximum absolute atomic E-state index is 6.24. The minimum absolute atomic E-state index is 0.477. The van der Waals surface area contributed by atoms with Crippen molar-refractivity contribution in [3.05, 3.63) is 72.7 Å². The van der Waals surface area contributed by atoms with Crippen LogP contribution in [0.4, 0.5) is 11.5 Å². The van der Waals surface area contributed by atoms with E-state index in [1.54, 1.807) is 34.2 Å². The van der Waals surface area contributed by atoms with Gasteiger partial charge in [-0.05, 0) is 42.0 Å². The predicted molar refractivity (Wildman–Crippen MR) is 97.9 cm³/mol. The molecule has 4 aromatic rings. The van der Waals surface area contributed by atoms with Gasteiger partial charge in [0, 0.05) is 24.0 Å². The van der Waals surface area contributed by atoms with Crippen LogP contribution in [0.2, 0.25) is 0 Å². The molecule has 3 aromatic heterocycles. The summed E-state index contributed by atoms with van der Waals surface area (Å²) in [6.07, 6.45) is 5.29. The third kappa shape index (κ3) is 3.00. The molecule has 0 aliphatic carbocycles. The first-order chi connectivity index (χ1) is 12.2. The molecule has 1 aromatic carbocycles. The third-order valence-electron chi connectivity index (χ3n) is 3.92. The number of nitrogen functional groups attached to an aromatic ring is 1. The average Bonchev–Trinajstić information content (AvgIpc) is 3.16. The van der Waals surface area contributed by atoms with Crippen LogP contribution in [0.3, 0.4) is 0 Å². The molecular weight excluding hydrogens is 314 g/mol. The van der Waals surface area contributed by atoms with Gasteiger partial charge in [-0.15, -0.1) is 0 Å². The molecule has 0 atom stereocenters. The van der Waals surface area contributed by atoms with Crippen molar-refractivity contribution in [3.8, 4) is 5.82 Å². The standard InChI is InChI=1S/C18H17N7/c19-15-5-7-17(25-10-2-9-22-25)23-18(15)24(20)12-13-4-6-16-14(11-13)3-1-8-21-16/h1-11H,12,19-20H2. The number of nitrogens with zero attached hydrogens (tertiary/aromatic N) is 5. The van der Waals surface area contributed by atoms with Crippen LogP contribution in [0.15, 0.2) is 67.1 Å². The SMILES string of the molecule is Nc1ccc(-n2cccn2)nc1N(N)Cc1ccc2ncccc2c1. The summed E-state index contributed by atoms with van der Waals surface area (Å²) in [6.45, 7) is 0.477. The van der Waals surface area contributed by atoms with E-state index in [1.807, 2.05) is 36.5 Å². The second-order valence-corrected chi connectivity index (χ2v) is 5.69. The van der Waals surface area contributed by atoms with E-state index in [-0.39, 0.29) is 0 Å². The molecule has 0 amide bonds. The van der Waals surface area contributed by atoms with Crippen molar-refractivity contribution >= 4 is 22.4 Å². The van der Waals surface area contributed by atoms with Crippen molar-refractivity contribution in [2.45, 2.75) is 6.54 Å². The molecule has 0 saturated heterocycles. The number of hydrazine groups is 1. The van der Waals surface area contributed by atoms with E-state index in [2.05, 4.69) is 21.1 Å². The first kappa shape index (κ1) is 15.1. The smallest absolute Gasteiger partial charge is 0.168 e. The molecule has 4 N–H and O–H groups in total. The van der Waals surface area contributed by atoms with Crippen LogP contribution in [0.1, 0.15) is 5.56 Å². The molecule has 0 fully saturated rings. The van der Waals surface area contributed by atoms with Crippen LogP contribution in [0, 0.1) is 0 Å². The molecule has 7 heteroatoms. The molecule has 4 rings (SSSR count). The maximum atomic E-state index is 6.24. The van der Waals surface area contributed by atoms with E-state index in [0.717, 1.165) is 16.5 Å². The van der Waals surface area contributed by atoms with Gasteiger partial charge in [-0.3, -0.25) is 9.99 Å². The number of hydrogen-bond donors (Lipinski definition) is 2. The Bertz CT molecular complexity index is 1010. The van der Waals surface area contributed by atoms with Gasteiger partial charge in [0.25, 0.3) is 0 Å². The fraction of sp³-hybridized carbons (Fsp3) is 0.0556. The summed E-state index contributed by atoms with van der Waals surface area (Å²) in [7, 11) is 0. The summed E-state index contributed by atoms with van der Waals surface area (Å²) in [5, 5.41) is 6.79. The molecule has 0 radical (unpaired) electrons. The summed E-state index contributed by atoms with van der Waals surface area (Å²) in [6, 6.07) is 15.4. The molecule has 124 valence electrons. The average molecular weight is 331 g/mol. The van der Waals surface area contributed by atoms with Crippen LogP contribution in [0.25, 0.3) is 16.7 Å². The van der Waals surface area contributed by atoms with E-state index < -0.39 is 0 Å². The lowest BCUT2D eigenvalue weighted by Gasteiger charge is -2.20. The van der Waals surface area contributed by atoms with Crippen molar-refractivity contribution in [2.75, 3.05) is 10.7 Å². The van der Waals surface area contributed by atoms with E-state index in [0.29, 0.717) is 23.9 Å². The molecule has 0 spiro atoms. The number of anilines is 2. The highest BCUT2D eigenvalue weighted by molar-refractivity contribution is 5.79. The fourth-order valence-electron chi connectivity index (χ4n) is 2.71. The first-order valence-electron chi connectivity index (χ1n) is 7.83. The first-order valence-corrected chi connectivity index (χ1v) is 7.83. The zero-order valence-electron chi connectivity index (χ0n) is 13.4. The number of fused-ring (bicyclic) bond motifs is 1. The lowest BCUT2D eigenvalue weighted by atomic mass is 10.1. The maximum Gasteiger partial charge on any atom is 0.168 e. The Hall–Kier alpha value is -3.45. The number of rotatable bonds is 4. The second-order valence-electron chi connectivity index (χ2n) is 5.69. The molecule has 0 aliphatic rings. The molecular formula is C18H17N7. The van der Waals surface area contributed by atoms with Crippen molar-refractivity contribution in [1.29, 1.82) is 0 Å². The van der Waals surface area contributed by atoms with Crippen molar-refractivity contribution in [3.63, 3.8) is 0 Å². The highest BCUT2D eigenvalue weighted by Crippen LogP contribution is 2.22. The lowest BCUT2D eigenvalue weighted by Crippen LogP contribution is -2.32. The van der Waals surface area contributed by atoms with Crippen LogP contribution >= 0.6 is 0 Å². The number of hydrogen-bond acceptors (Lipinski definition) is 6.